The summed E-state index contributed by atoms with van der Waals surface area (Å²) in [5.41, 5.74) is 2.06. The highest BCUT2D eigenvalue weighted by atomic mass is 32.1. The first-order valence-corrected chi connectivity index (χ1v) is 11.7. The van der Waals surface area contributed by atoms with E-state index >= 15 is 0 Å². The van der Waals surface area contributed by atoms with Crippen LogP contribution in [0.2, 0.25) is 0 Å². The zero-order valence-electron chi connectivity index (χ0n) is 16.6. The monoisotopic (exact) mass is 448 g/mol. The molecule has 2 aromatic heterocycles. The number of thiazole rings is 1. The normalized spacial score (nSPS) is 13.1. The van der Waals surface area contributed by atoms with Gasteiger partial charge < -0.3 is 10.2 Å². The maximum Gasteiger partial charge on any atom is 0.318 e. The maximum atomic E-state index is 12.8. The van der Waals surface area contributed by atoms with Gasteiger partial charge >= 0.3 is 6.03 Å². The van der Waals surface area contributed by atoms with Gasteiger partial charge in [-0.25, -0.2) is 9.78 Å². The van der Waals surface area contributed by atoms with Crippen LogP contribution >= 0.6 is 22.7 Å². The average molecular weight is 449 g/mol. The van der Waals surface area contributed by atoms with Gasteiger partial charge in [0.25, 0.3) is 5.91 Å². The number of hydrogen-bond donors (Lipinski definition) is 2. The van der Waals surface area contributed by atoms with E-state index in [4.69, 9.17) is 0 Å². The van der Waals surface area contributed by atoms with Gasteiger partial charge in [0.05, 0.1) is 17.1 Å². The molecule has 6 nitrogen and oxygen atoms in total. The Labute approximate surface area is 187 Å². The van der Waals surface area contributed by atoms with Crippen molar-refractivity contribution >= 4 is 50.5 Å². The second-order valence-electron chi connectivity index (χ2n) is 7.29. The van der Waals surface area contributed by atoms with Crippen molar-refractivity contribution in [2.75, 3.05) is 11.9 Å². The molecule has 0 aliphatic carbocycles. The fourth-order valence-corrected chi connectivity index (χ4v) is 5.36. The number of carbonyl (C=O) groups excluding carboxylic acids is 2. The molecule has 8 heteroatoms. The van der Waals surface area contributed by atoms with Crippen LogP contribution < -0.4 is 10.6 Å². The first-order chi connectivity index (χ1) is 15.2. The lowest BCUT2D eigenvalue weighted by Gasteiger charge is -2.26. The molecule has 0 radical (unpaired) electrons. The van der Waals surface area contributed by atoms with Crippen LogP contribution in [0.15, 0.2) is 60.0 Å². The summed E-state index contributed by atoms with van der Waals surface area (Å²) in [4.78, 5) is 33.1. The molecule has 0 atom stereocenters. The number of benzene rings is 2. The number of hydrogen-bond acceptors (Lipinski definition) is 5. The Morgan fingerprint density at radius 2 is 1.94 bits per heavy atom. The molecule has 4 aromatic rings. The summed E-state index contributed by atoms with van der Waals surface area (Å²) in [6.45, 7) is 1.59. The Hall–Kier alpha value is -3.23. The number of amides is 3. The summed E-state index contributed by atoms with van der Waals surface area (Å²) in [6, 6.07) is 17.9. The zero-order valence-corrected chi connectivity index (χ0v) is 18.3. The predicted molar refractivity (Wildman–Crippen MR) is 125 cm³/mol. The standard InChI is InChI=1S/C23H20N4O2S2/c28-21(19-9-4-12-30-19)26-22-25-18-10-11-27(14-20(18)31-22)23(29)24-13-16-7-3-6-15-5-1-2-8-17(15)16/h1-9,12H,10-11,13-14H2,(H,24,29)(H,25,26,28). The van der Waals surface area contributed by atoms with Crippen molar-refractivity contribution in [3.63, 3.8) is 0 Å². The van der Waals surface area contributed by atoms with Gasteiger partial charge in [-0.2, -0.15) is 0 Å². The summed E-state index contributed by atoms with van der Waals surface area (Å²) < 4.78 is 0. The maximum absolute atomic E-state index is 12.8. The summed E-state index contributed by atoms with van der Waals surface area (Å²) in [6.07, 6.45) is 0.683. The molecule has 1 aliphatic heterocycles. The Morgan fingerprint density at radius 3 is 2.81 bits per heavy atom. The third kappa shape index (κ3) is 4.17. The number of urea groups is 1. The minimum atomic E-state index is -0.147. The van der Waals surface area contributed by atoms with Crippen LogP contribution in [0.25, 0.3) is 10.8 Å². The molecule has 0 unspecified atom stereocenters. The molecule has 2 N–H and O–H groups in total. The van der Waals surface area contributed by atoms with E-state index in [9.17, 15) is 9.59 Å². The van der Waals surface area contributed by atoms with Gasteiger partial charge in [0, 0.05) is 24.4 Å². The van der Waals surface area contributed by atoms with E-state index in [1.165, 1.54) is 28.1 Å². The second-order valence-corrected chi connectivity index (χ2v) is 9.32. The van der Waals surface area contributed by atoms with Crippen molar-refractivity contribution in [3.05, 3.63) is 81.0 Å². The molecule has 0 spiro atoms. The van der Waals surface area contributed by atoms with Crippen molar-refractivity contribution < 1.29 is 9.59 Å². The lowest BCUT2D eigenvalue weighted by molar-refractivity contribution is 0.103. The number of fused-ring (bicyclic) bond motifs is 2. The van der Waals surface area contributed by atoms with Gasteiger partial charge in [-0.05, 0) is 27.8 Å². The number of carbonyl (C=O) groups is 2. The molecule has 0 bridgehead atoms. The number of aromatic nitrogens is 1. The fraction of sp³-hybridized carbons (Fsp3) is 0.174. The van der Waals surface area contributed by atoms with Crippen molar-refractivity contribution in [3.8, 4) is 0 Å². The van der Waals surface area contributed by atoms with Gasteiger partial charge in [-0.15, -0.1) is 11.3 Å². The first kappa shape index (κ1) is 19.7. The van der Waals surface area contributed by atoms with Crippen molar-refractivity contribution in [2.24, 2.45) is 0 Å². The van der Waals surface area contributed by atoms with E-state index in [2.05, 4.69) is 33.8 Å². The lowest BCUT2D eigenvalue weighted by Crippen LogP contribution is -2.42. The van der Waals surface area contributed by atoms with Crippen LogP contribution in [0, 0.1) is 0 Å². The van der Waals surface area contributed by atoms with E-state index in [0.717, 1.165) is 21.5 Å². The number of rotatable bonds is 4. The number of nitrogens with one attached hydrogen (secondary N) is 2. The smallest absolute Gasteiger partial charge is 0.318 e. The minimum absolute atomic E-state index is 0.0869. The Bertz CT molecular complexity index is 1240. The highest BCUT2D eigenvalue weighted by Gasteiger charge is 2.24. The summed E-state index contributed by atoms with van der Waals surface area (Å²) in [5, 5.41) is 10.7. The Balaban J connectivity index is 1.22. The van der Waals surface area contributed by atoms with Gasteiger partial charge in [-0.1, -0.05) is 59.9 Å². The third-order valence-electron chi connectivity index (χ3n) is 5.29. The molecule has 1 aliphatic rings. The Morgan fingerprint density at radius 1 is 1.06 bits per heavy atom. The van der Waals surface area contributed by atoms with Crippen LogP contribution in [-0.2, 0) is 19.5 Å². The molecule has 156 valence electrons. The molecular weight excluding hydrogens is 428 g/mol. The van der Waals surface area contributed by atoms with E-state index in [0.29, 0.717) is 36.1 Å². The first-order valence-electron chi connectivity index (χ1n) is 10.0. The molecule has 0 saturated carbocycles. The van der Waals surface area contributed by atoms with E-state index < -0.39 is 0 Å². The highest BCUT2D eigenvalue weighted by molar-refractivity contribution is 7.16. The zero-order chi connectivity index (χ0) is 21.2. The van der Waals surface area contributed by atoms with Crippen molar-refractivity contribution in [2.45, 2.75) is 19.5 Å². The summed E-state index contributed by atoms with van der Waals surface area (Å²) >= 11 is 2.84. The lowest BCUT2D eigenvalue weighted by atomic mass is 10.0. The molecule has 0 fully saturated rings. The van der Waals surface area contributed by atoms with Gasteiger partial charge in [-0.3, -0.25) is 10.1 Å². The third-order valence-corrected chi connectivity index (χ3v) is 7.16. The predicted octanol–water partition coefficient (Wildman–Crippen LogP) is 4.88. The SMILES string of the molecule is O=C(Nc1nc2c(s1)CN(C(=O)NCc1cccc3ccccc13)CC2)c1cccs1. The summed E-state index contributed by atoms with van der Waals surface area (Å²) in [5.74, 6) is -0.147. The van der Waals surface area contributed by atoms with Crippen molar-refractivity contribution in [1.29, 1.82) is 0 Å². The topological polar surface area (TPSA) is 74.3 Å². The fourth-order valence-electron chi connectivity index (χ4n) is 3.72. The van der Waals surface area contributed by atoms with E-state index in [1.54, 1.807) is 11.0 Å². The van der Waals surface area contributed by atoms with E-state index in [1.807, 2.05) is 35.7 Å². The molecule has 3 amide bonds. The van der Waals surface area contributed by atoms with E-state index in [-0.39, 0.29) is 11.9 Å². The van der Waals surface area contributed by atoms with Crippen LogP contribution in [0.5, 0.6) is 0 Å². The number of anilines is 1. The van der Waals surface area contributed by atoms with Crippen LogP contribution in [0.1, 0.15) is 25.8 Å². The molecule has 5 rings (SSSR count). The molecule has 2 aromatic carbocycles. The quantitative estimate of drug-likeness (QED) is 0.467. The van der Waals surface area contributed by atoms with Gasteiger partial charge in [0.2, 0.25) is 0 Å². The number of nitrogens with zero attached hydrogens (tertiary/aromatic N) is 2. The molecule has 0 saturated heterocycles. The van der Waals surface area contributed by atoms with Gasteiger partial charge in [0.15, 0.2) is 5.13 Å². The number of thiophene rings is 1. The van der Waals surface area contributed by atoms with Crippen LogP contribution in [-0.4, -0.2) is 28.4 Å². The highest BCUT2D eigenvalue weighted by Crippen LogP contribution is 2.29. The second kappa shape index (κ2) is 8.49. The van der Waals surface area contributed by atoms with Crippen molar-refractivity contribution in [1.82, 2.24) is 15.2 Å². The largest absolute Gasteiger partial charge is 0.334 e. The molecule has 31 heavy (non-hydrogen) atoms. The van der Waals surface area contributed by atoms with Crippen LogP contribution in [0.3, 0.4) is 0 Å². The minimum Gasteiger partial charge on any atom is -0.334 e. The Kier molecular flexibility index (Phi) is 5.40. The van der Waals surface area contributed by atoms with Crippen LogP contribution in [0.4, 0.5) is 9.93 Å². The molecular formula is C23H20N4O2S2. The molecule has 3 heterocycles. The summed E-state index contributed by atoms with van der Waals surface area (Å²) in [7, 11) is 0. The average Bonchev–Trinajstić information content (AvgIpc) is 3.46. The van der Waals surface area contributed by atoms with Gasteiger partial charge in [0.1, 0.15) is 0 Å².